The first-order valence-electron chi connectivity index (χ1n) is 9.26. The van der Waals surface area contributed by atoms with E-state index in [1.54, 1.807) is 26.2 Å². The molecule has 1 saturated heterocycles. The van der Waals surface area contributed by atoms with Gasteiger partial charge in [-0.15, -0.1) is 0 Å². The van der Waals surface area contributed by atoms with Crippen molar-refractivity contribution in [2.24, 2.45) is 5.92 Å². The predicted octanol–water partition coefficient (Wildman–Crippen LogP) is 2.11. The molecule has 1 aliphatic heterocycles. The van der Waals surface area contributed by atoms with Crippen LogP contribution in [0, 0.1) is 5.92 Å². The van der Waals surface area contributed by atoms with Crippen LogP contribution in [0.3, 0.4) is 0 Å². The first kappa shape index (κ1) is 21.5. The summed E-state index contributed by atoms with van der Waals surface area (Å²) in [6.07, 6.45) is 1.74. The van der Waals surface area contributed by atoms with Crippen molar-refractivity contribution >= 4 is 15.9 Å². The topological polar surface area (TPSA) is 76.2 Å². The van der Waals surface area contributed by atoms with Gasteiger partial charge in [0.05, 0.1) is 20.0 Å². The average molecular weight is 399 g/mol. The molecule has 0 aliphatic carbocycles. The Morgan fingerprint density at radius 2 is 1.81 bits per heavy atom. The minimum absolute atomic E-state index is 0.0531. The Morgan fingerprint density at radius 1 is 1.19 bits per heavy atom. The van der Waals surface area contributed by atoms with Crippen LogP contribution in [0.25, 0.3) is 0 Å². The van der Waals surface area contributed by atoms with Crippen LogP contribution in [-0.2, 0) is 21.4 Å². The third kappa shape index (κ3) is 5.35. The van der Waals surface area contributed by atoms with Crippen molar-refractivity contribution in [2.75, 3.05) is 40.1 Å². The van der Waals surface area contributed by atoms with E-state index in [0.717, 1.165) is 5.56 Å². The molecule has 2 rings (SSSR count). The van der Waals surface area contributed by atoms with Gasteiger partial charge in [0, 0.05) is 32.6 Å². The molecule has 1 aromatic rings. The van der Waals surface area contributed by atoms with Gasteiger partial charge >= 0.3 is 0 Å². The number of piperidine rings is 1. The lowest BCUT2D eigenvalue weighted by Crippen LogP contribution is -2.44. The normalized spacial score (nSPS) is 16.1. The Bertz CT molecular complexity index is 742. The number of ether oxygens (including phenoxy) is 2. The largest absolute Gasteiger partial charge is 0.493 e. The number of nitrogens with zero attached hydrogens (tertiary/aromatic N) is 2. The van der Waals surface area contributed by atoms with Gasteiger partial charge in [0.2, 0.25) is 15.9 Å². The molecule has 0 aromatic heterocycles. The molecule has 0 unspecified atom stereocenters. The number of amides is 1. The standard InChI is InChI=1S/C19H30N2O5S/c1-5-12-27(23,24)21-10-8-16(9-11-21)19(22)20(2)14-15-6-7-17(25-3)18(13-15)26-4/h6-7,13,16H,5,8-12,14H2,1-4H3. The van der Waals surface area contributed by atoms with E-state index in [4.69, 9.17) is 9.47 Å². The molecule has 152 valence electrons. The van der Waals surface area contributed by atoms with Crippen molar-refractivity contribution in [3.63, 3.8) is 0 Å². The number of hydrogen-bond donors (Lipinski definition) is 0. The van der Waals surface area contributed by atoms with E-state index in [0.29, 0.717) is 50.4 Å². The minimum atomic E-state index is -3.18. The van der Waals surface area contributed by atoms with Gasteiger partial charge in [0.15, 0.2) is 11.5 Å². The zero-order valence-corrected chi connectivity index (χ0v) is 17.4. The van der Waals surface area contributed by atoms with E-state index in [1.807, 2.05) is 25.1 Å². The molecule has 0 saturated carbocycles. The summed E-state index contributed by atoms with van der Waals surface area (Å²) in [6.45, 7) is 3.16. The summed E-state index contributed by atoms with van der Waals surface area (Å²) in [5, 5.41) is 0. The molecule has 0 N–H and O–H groups in total. The number of hydrogen-bond acceptors (Lipinski definition) is 5. The van der Waals surface area contributed by atoms with Crippen molar-refractivity contribution in [1.29, 1.82) is 0 Å². The summed E-state index contributed by atoms with van der Waals surface area (Å²) in [5.74, 6) is 1.37. The molecule has 0 bridgehead atoms. The number of carbonyl (C=O) groups excluding carboxylic acids is 1. The molecule has 0 atom stereocenters. The van der Waals surface area contributed by atoms with Crippen LogP contribution in [0.2, 0.25) is 0 Å². The van der Waals surface area contributed by atoms with E-state index in [-0.39, 0.29) is 17.6 Å². The Hall–Kier alpha value is -1.80. The number of carbonyl (C=O) groups is 1. The monoisotopic (exact) mass is 398 g/mol. The van der Waals surface area contributed by atoms with E-state index in [9.17, 15) is 13.2 Å². The number of methoxy groups -OCH3 is 2. The van der Waals surface area contributed by atoms with Crippen molar-refractivity contribution < 1.29 is 22.7 Å². The van der Waals surface area contributed by atoms with Crippen molar-refractivity contribution in [3.05, 3.63) is 23.8 Å². The summed E-state index contributed by atoms with van der Waals surface area (Å²) >= 11 is 0. The summed E-state index contributed by atoms with van der Waals surface area (Å²) < 4.78 is 36.4. The predicted molar refractivity (Wildman–Crippen MR) is 104 cm³/mol. The van der Waals surface area contributed by atoms with Crippen LogP contribution in [-0.4, -0.2) is 63.6 Å². The lowest BCUT2D eigenvalue weighted by molar-refractivity contribution is -0.135. The zero-order chi connectivity index (χ0) is 20.0. The van der Waals surface area contributed by atoms with Gasteiger partial charge in [-0.2, -0.15) is 0 Å². The molecule has 1 aliphatic rings. The fourth-order valence-corrected chi connectivity index (χ4v) is 4.95. The van der Waals surface area contributed by atoms with Gasteiger partial charge in [-0.05, 0) is 37.0 Å². The molecule has 1 amide bonds. The zero-order valence-electron chi connectivity index (χ0n) is 16.6. The maximum Gasteiger partial charge on any atom is 0.225 e. The van der Waals surface area contributed by atoms with Crippen LogP contribution in [0.1, 0.15) is 31.7 Å². The van der Waals surface area contributed by atoms with Crippen LogP contribution >= 0.6 is 0 Å². The fraction of sp³-hybridized carbons (Fsp3) is 0.632. The number of sulfonamides is 1. The molecular weight excluding hydrogens is 368 g/mol. The molecular formula is C19H30N2O5S. The van der Waals surface area contributed by atoms with Crippen LogP contribution in [0.5, 0.6) is 11.5 Å². The van der Waals surface area contributed by atoms with E-state index in [2.05, 4.69) is 0 Å². The highest BCUT2D eigenvalue weighted by Gasteiger charge is 2.31. The van der Waals surface area contributed by atoms with Gasteiger partial charge in [-0.3, -0.25) is 4.79 Å². The summed E-state index contributed by atoms with van der Waals surface area (Å²) in [6, 6.07) is 5.59. The summed E-state index contributed by atoms with van der Waals surface area (Å²) in [7, 11) is 1.76. The summed E-state index contributed by atoms with van der Waals surface area (Å²) in [5.41, 5.74) is 0.950. The van der Waals surface area contributed by atoms with Crippen molar-refractivity contribution in [2.45, 2.75) is 32.7 Å². The number of benzene rings is 1. The third-order valence-electron chi connectivity index (χ3n) is 4.90. The number of rotatable bonds is 8. The lowest BCUT2D eigenvalue weighted by Gasteiger charge is -2.32. The Morgan fingerprint density at radius 3 is 2.37 bits per heavy atom. The van der Waals surface area contributed by atoms with E-state index in [1.165, 1.54) is 4.31 Å². The fourth-order valence-electron chi connectivity index (χ4n) is 3.41. The molecule has 0 radical (unpaired) electrons. The second-order valence-corrected chi connectivity index (χ2v) is 8.96. The van der Waals surface area contributed by atoms with Crippen LogP contribution in [0.15, 0.2) is 18.2 Å². The minimum Gasteiger partial charge on any atom is -0.493 e. The van der Waals surface area contributed by atoms with Gasteiger partial charge in [-0.1, -0.05) is 13.0 Å². The Labute approximate surface area is 162 Å². The Kier molecular flexibility index (Phi) is 7.49. The molecule has 1 fully saturated rings. The lowest BCUT2D eigenvalue weighted by atomic mass is 9.96. The highest BCUT2D eigenvalue weighted by molar-refractivity contribution is 7.89. The van der Waals surface area contributed by atoms with Gasteiger partial charge in [0.1, 0.15) is 0 Å². The summed E-state index contributed by atoms with van der Waals surface area (Å²) in [4.78, 5) is 14.5. The SMILES string of the molecule is CCCS(=O)(=O)N1CCC(C(=O)N(C)Cc2ccc(OC)c(OC)c2)CC1. The highest BCUT2D eigenvalue weighted by atomic mass is 32.2. The quantitative estimate of drug-likeness (QED) is 0.670. The van der Waals surface area contributed by atoms with Crippen molar-refractivity contribution in [3.8, 4) is 11.5 Å². The highest BCUT2D eigenvalue weighted by Crippen LogP contribution is 2.28. The first-order valence-corrected chi connectivity index (χ1v) is 10.9. The van der Waals surface area contributed by atoms with Gasteiger partial charge in [0.25, 0.3) is 0 Å². The molecule has 27 heavy (non-hydrogen) atoms. The molecule has 0 spiro atoms. The van der Waals surface area contributed by atoms with Gasteiger partial charge in [-0.25, -0.2) is 12.7 Å². The average Bonchev–Trinajstić information content (AvgIpc) is 2.67. The molecule has 1 aromatic carbocycles. The van der Waals surface area contributed by atoms with Crippen LogP contribution < -0.4 is 9.47 Å². The molecule has 7 nitrogen and oxygen atoms in total. The van der Waals surface area contributed by atoms with E-state index < -0.39 is 10.0 Å². The maximum absolute atomic E-state index is 12.8. The smallest absolute Gasteiger partial charge is 0.225 e. The molecule has 1 heterocycles. The van der Waals surface area contributed by atoms with Crippen molar-refractivity contribution in [1.82, 2.24) is 9.21 Å². The van der Waals surface area contributed by atoms with Crippen LogP contribution in [0.4, 0.5) is 0 Å². The second-order valence-electron chi connectivity index (χ2n) is 6.87. The molecule has 8 heteroatoms. The second kappa shape index (κ2) is 9.41. The van der Waals surface area contributed by atoms with E-state index >= 15 is 0 Å². The maximum atomic E-state index is 12.8. The van der Waals surface area contributed by atoms with Gasteiger partial charge < -0.3 is 14.4 Å². The first-order chi connectivity index (χ1) is 12.8. The third-order valence-corrected chi connectivity index (χ3v) is 6.98. The Balaban J connectivity index is 1.95.